The first kappa shape index (κ1) is 15.3. The minimum Gasteiger partial charge on any atom is -0.310 e. The van der Waals surface area contributed by atoms with Crippen molar-refractivity contribution in [1.29, 1.82) is 0 Å². The fourth-order valence-corrected chi connectivity index (χ4v) is 2.61. The molecule has 0 aliphatic carbocycles. The van der Waals surface area contributed by atoms with Crippen molar-refractivity contribution in [2.75, 3.05) is 6.54 Å². The molecule has 1 atom stereocenters. The van der Waals surface area contributed by atoms with E-state index in [1.54, 1.807) is 6.07 Å². The number of rotatable bonds is 6. The molecule has 1 unspecified atom stereocenters. The van der Waals surface area contributed by atoms with Gasteiger partial charge in [-0.2, -0.15) is 0 Å². The van der Waals surface area contributed by atoms with Gasteiger partial charge in [0.25, 0.3) is 0 Å². The van der Waals surface area contributed by atoms with Crippen LogP contribution in [-0.2, 0) is 6.42 Å². The van der Waals surface area contributed by atoms with Gasteiger partial charge in [0.15, 0.2) is 0 Å². The predicted octanol–water partition coefficient (Wildman–Crippen LogP) is 4.67. The molecule has 4 heteroatoms. The Kier molecular flexibility index (Phi) is 5.84. The summed E-state index contributed by atoms with van der Waals surface area (Å²) in [5, 5.41) is 4.94. The van der Waals surface area contributed by atoms with Crippen molar-refractivity contribution in [3.8, 4) is 0 Å². The molecule has 0 saturated carbocycles. The van der Waals surface area contributed by atoms with E-state index in [1.165, 1.54) is 5.56 Å². The summed E-state index contributed by atoms with van der Waals surface area (Å²) in [4.78, 5) is 4.07. The molecule has 2 aromatic rings. The Labute approximate surface area is 130 Å². The van der Waals surface area contributed by atoms with Gasteiger partial charge in [-0.15, -0.1) is 0 Å². The number of halogens is 2. The number of aromatic nitrogens is 1. The van der Waals surface area contributed by atoms with E-state index in [-0.39, 0.29) is 6.04 Å². The summed E-state index contributed by atoms with van der Waals surface area (Å²) < 4.78 is 0. The van der Waals surface area contributed by atoms with Crippen LogP contribution in [0.25, 0.3) is 0 Å². The van der Waals surface area contributed by atoms with E-state index in [1.807, 2.05) is 36.7 Å². The van der Waals surface area contributed by atoms with Crippen LogP contribution < -0.4 is 5.32 Å². The van der Waals surface area contributed by atoms with E-state index in [0.29, 0.717) is 5.02 Å². The van der Waals surface area contributed by atoms with Crippen molar-refractivity contribution >= 4 is 23.2 Å². The maximum Gasteiger partial charge on any atom is 0.0453 e. The molecule has 0 radical (unpaired) electrons. The molecule has 20 heavy (non-hydrogen) atoms. The summed E-state index contributed by atoms with van der Waals surface area (Å²) in [6.07, 6.45) is 5.56. The molecule has 1 heterocycles. The SMILES string of the molecule is CCCNC(Cc1ccc(Cl)cc1Cl)c1ccncc1. The highest BCUT2D eigenvalue weighted by Crippen LogP contribution is 2.26. The third kappa shape index (κ3) is 4.20. The molecule has 0 aliphatic rings. The van der Waals surface area contributed by atoms with Gasteiger partial charge in [0, 0.05) is 28.5 Å². The summed E-state index contributed by atoms with van der Waals surface area (Å²) >= 11 is 12.2. The van der Waals surface area contributed by atoms with Crippen molar-refractivity contribution in [2.24, 2.45) is 0 Å². The van der Waals surface area contributed by atoms with Gasteiger partial charge in [-0.25, -0.2) is 0 Å². The zero-order chi connectivity index (χ0) is 14.4. The average molecular weight is 309 g/mol. The third-order valence-corrected chi connectivity index (χ3v) is 3.78. The zero-order valence-electron chi connectivity index (χ0n) is 11.4. The van der Waals surface area contributed by atoms with Crippen LogP contribution in [0, 0.1) is 0 Å². The summed E-state index contributed by atoms with van der Waals surface area (Å²) in [5.74, 6) is 0. The van der Waals surface area contributed by atoms with Crippen LogP contribution in [0.1, 0.15) is 30.5 Å². The summed E-state index contributed by atoms with van der Waals surface area (Å²) in [6, 6.07) is 9.98. The summed E-state index contributed by atoms with van der Waals surface area (Å²) in [6.45, 7) is 3.13. The second-order valence-electron chi connectivity index (χ2n) is 4.73. The fraction of sp³-hybridized carbons (Fsp3) is 0.312. The lowest BCUT2D eigenvalue weighted by atomic mass is 9.99. The van der Waals surface area contributed by atoms with Gasteiger partial charge in [0.05, 0.1) is 0 Å². The Morgan fingerprint density at radius 1 is 1.15 bits per heavy atom. The van der Waals surface area contributed by atoms with Crippen LogP contribution in [0.15, 0.2) is 42.7 Å². The fourth-order valence-electron chi connectivity index (χ4n) is 2.13. The van der Waals surface area contributed by atoms with Gasteiger partial charge in [0.2, 0.25) is 0 Å². The lowest BCUT2D eigenvalue weighted by Crippen LogP contribution is -2.24. The molecule has 2 rings (SSSR count). The second kappa shape index (κ2) is 7.63. The van der Waals surface area contributed by atoms with E-state index in [9.17, 15) is 0 Å². The van der Waals surface area contributed by atoms with E-state index >= 15 is 0 Å². The first-order chi connectivity index (χ1) is 9.70. The van der Waals surface area contributed by atoms with Gasteiger partial charge >= 0.3 is 0 Å². The standard InChI is InChI=1S/C16H18Cl2N2/c1-2-7-20-16(12-5-8-19-9-6-12)10-13-3-4-14(17)11-15(13)18/h3-6,8-9,11,16,20H,2,7,10H2,1H3. The van der Waals surface area contributed by atoms with Crippen molar-refractivity contribution in [1.82, 2.24) is 10.3 Å². The zero-order valence-corrected chi connectivity index (χ0v) is 13.0. The van der Waals surface area contributed by atoms with Gasteiger partial charge in [-0.05, 0) is 54.8 Å². The van der Waals surface area contributed by atoms with Crippen molar-refractivity contribution in [2.45, 2.75) is 25.8 Å². The minimum absolute atomic E-state index is 0.233. The van der Waals surface area contributed by atoms with Crippen molar-refractivity contribution < 1.29 is 0 Å². The van der Waals surface area contributed by atoms with E-state index in [4.69, 9.17) is 23.2 Å². The predicted molar refractivity (Wildman–Crippen MR) is 85.4 cm³/mol. The Balaban J connectivity index is 2.19. The molecular weight excluding hydrogens is 291 g/mol. The topological polar surface area (TPSA) is 24.9 Å². The molecule has 0 fully saturated rings. The highest BCUT2D eigenvalue weighted by molar-refractivity contribution is 6.35. The van der Waals surface area contributed by atoms with Crippen LogP contribution in [0.5, 0.6) is 0 Å². The Morgan fingerprint density at radius 2 is 1.90 bits per heavy atom. The van der Waals surface area contributed by atoms with Gasteiger partial charge in [-0.3, -0.25) is 4.98 Å². The first-order valence-electron chi connectivity index (χ1n) is 6.78. The van der Waals surface area contributed by atoms with Gasteiger partial charge in [0.1, 0.15) is 0 Å². The average Bonchev–Trinajstić information content (AvgIpc) is 2.46. The molecule has 0 bridgehead atoms. The lowest BCUT2D eigenvalue weighted by molar-refractivity contribution is 0.529. The maximum atomic E-state index is 6.27. The third-order valence-electron chi connectivity index (χ3n) is 3.19. The smallest absolute Gasteiger partial charge is 0.0453 e. The molecule has 2 nitrogen and oxygen atoms in total. The normalized spacial score (nSPS) is 12.3. The van der Waals surface area contributed by atoms with Crippen LogP contribution >= 0.6 is 23.2 Å². The van der Waals surface area contributed by atoms with Crippen LogP contribution in [0.2, 0.25) is 10.0 Å². The minimum atomic E-state index is 0.233. The quantitative estimate of drug-likeness (QED) is 0.838. The lowest BCUT2D eigenvalue weighted by Gasteiger charge is -2.19. The Hall–Kier alpha value is -1.09. The van der Waals surface area contributed by atoms with E-state index in [0.717, 1.165) is 30.0 Å². The summed E-state index contributed by atoms with van der Waals surface area (Å²) in [5.41, 5.74) is 2.32. The Morgan fingerprint density at radius 3 is 2.55 bits per heavy atom. The molecule has 106 valence electrons. The van der Waals surface area contributed by atoms with Crippen LogP contribution in [0.3, 0.4) is 0 Å². The Bertz CT molecular complexity index is 543. The van der Waals surface area contributed by atoms with Gasteiger partial charge < -0.3 is 5.32 Å². The molecule has 1 aromatic carbocycles. The van der Waals surface area contributed by atoms with Crippen LogP contribution in [0.4, 0.5) is 0 Å². The monoisotopic (exact) mass is 308 g/mol. The largest absolute Gasteiger partial charge is 0.310 e. The molecule has 1 N–H and O–H groups in total. The number of hydrogen-bond donors (Lipinski definition) is 1. The van der Waals surface area contributed by atoms with Crippen molar-refractivity contribution in [3.05, 3.63) is 63.9 Å². The number of nitrogens with one attached hydrogen (secondary N) is 1. The second-order valence-corrected chi connectivity index (χ2v) is 5.57. The maximum absolute atomic E-state index is 6.27. The number of hydrogen-bond acceptors (Lipinski definition) is 2. The number of pyridine rings is 1. The molecule has 1 aromatic heterocycles. The molecular formula is C16H18Cl2N2. The molecule has 0 spiro atoms. The first-order valence-corrected chi connectivity index (χ1v) is 7.53. The molecule has 0 amide bonds. The van der Waals surface area contributed by atoms with Crippen molar-refractivity contribution in [3.63, 3.8) is 0 Å². The van der Waals surface area contributed by atoms with E-state index in [2.05, 4.69) is 17.2 Å². The molecule has 0 saturated heterocycles. The molecule has 0 aliphatic heterocycles. The number of nitrogens with zero attached hydrogens (tertiary/aromatic N) is 1. The highest BCUT2D eigenvalue weighted by atomic mass is 35.5. The highest BCUT2D eigenvalue weighted by Gasteiger charge is 2.13. The van der Waals surface area contributed by atoms with Crippen LogP contribution in [-0.4, -0.2) is 11.5 Å². The number of benzene rings is 1. The van der Waals surface area contributed by atoms with Gasteiger partial charge in [-0.1, -0.05) is 36.2 Å². The summed E-state index contributed by atoms with van der Waals surface area (Å²) in [7, 11) is 0. The van der Waals surface area contributed by atoms with E-state index < -0.39 is 0 Å².